The molecule has 0 atom stereocenters. The van der Waals surface area contributed by atoms with Crippen molar-refractivity contribution in [3.8, 4) is 0 Å². The van der Waals surface area contributed by atoms with Crippen LogP contribution in [0.2, 0.25) is 10.3 Å². The zero-order valence-electron chi connectivity index (χ0n) is 6.13. The van der Waals surface area contributed by atoms with Crippen molar-refractivity contribution < 1.29 is 4.92 Å². The first-order valence-corrected chi connectivity index (χ1v) is 4.40. The van der Waals surface area contributed by atoms with E-state index in [1.54, 1.807) is 0 Å². The minimum atomic E-state index is -0.637. The first-order valence-electron chi connectivity index (χ1n) is 3.11. The summed E-state index contributed by atoms with van der Waals surface area (Å²) in [6, 6.07) is 1.21. The molecule has 0 aromatic carbocycles. The van der Waals surface area contributed by atoms with Crippen LogP contribution < -0.4 is 0 Å². The Morgan fingerprint density at radius 3 is 2.54 bits per heavy atom. The molecule has 1 aromatic heterocycles. The average molecular weight is 241 g/mol. The number of hydrogen-bond acceptors (Lipinski definition) is 3. The van der Waals surface area contributed by atoms with Crippen molar-refractivity contribution in [2.45, 2.75) is 5.88 Å². The van der Waals surface area contributed by atoms with Crippen molar-refractivity contribution in [3.63, 3.8) is 0 Å². The van der Waals surface area contributed by atoms with E-state index in [9.17, 15) is 10.1 Å². The second-order valence-electron chi connectivity index (χ2n) is 2.14. The molecule has 4 nitrogen and oxygen atoms in total. The molecule has 1 aromatic rings. The molecule has 0 N–H and O–H groups in total. The zero-order chi connectivity index (χ0) is 10.0. The summed E-state index contributed by atoms with van der Waals surface area (Å²) in [6.07, 6.45) is 0. The Kier molecular flexibility index (Phi) is 3.30. The molecule has 70 valence electrons. The third kappa shape index (κ3) is 2.21. The molecule has 0 spiro atoms. The van der Waals surface area contributed by atoms with Crippen LogP contribution in [0.1, 0.15) is 5.56 Å². The summed E-state index contributed by atoms with van der Waals surface area (Å²) in [4.78, 5) is 13.3. The number of nitro groups is 1. The van der Waals surface area contributed by atoms with Gasteiger partial charge in [0.1, 0.15) is 5.15 Å². The van der Waals surface area contributed by atoms with E-state index < -0.39 is 4.92 Å². The van der Waals surface area contributed by atoms with Gasteiger partial charge in [-0.2, -0.15) is 0 Å². The van der Waals surface area contributed by atoms with Crippen molar-refractivity contribution in [3.05, 3.63) is 32.1 Å². The SMILES string of the molecule is O=[N+]([O-])c1cc(CCl)c(Cl)nc1Cl. The average Bonchev–Trinajstić information content (AvgIpc) is 2.03. The van der Waals surface area contributed by atoms with Crippen molar-refractivity contribution in [2.24, 2.45) is 0 Å². The Labute approximate surface area is 88.6 Å². The van der Waals surface area contributed by atoms with Crippen LogP contribution >= 0.6 is 34.8 Å². The molecule has 0 aliphatic rings. The van der Waals surface area contributed by atoms with Gasteiger partial charge in [0.2, 0.25) is 5.15 Å². The van der Waals surface area contributed by atoms with E-state index in [1.165, 1.54) is 6.07 Å². The second-order valence-corrected chi connectivity index (χ2v) is 3.12. The molecule has 1 heterocycles. The molecule has 0 fully saturated rings. The van der Waals surface area contributed by atoms with Gasteiger partial charge in [-0.3, -0.25) is 10.1 Å². The third-order valence-electron chi connectivity index (χ3n) is 1.32. The van der Waals surface area contributed by atoms with Crippen LogP contribution in [-0.4, -0.2) is 9.91 Å². The van der Waals surface area contributed by atoms with Gasteiger partial charge in [-0.15, -0.1) is 11.6 Å². The van der Waals surface area contributed by atoms with E-state index >= 15 is 0 Å². The van der Waals surface area contributed by atoms with Crippen LogP contribution in [0.15, 0.2) is 6.07 Å². The molecule has 0 saturated carbocycles. The van der Waals surface area contributed by atoms with Crippen LogP contribution in [-0.2, 0) is 5.88 Å². The third-order valence-corrected chi connectivity index (χ3v) is 2.22. The summed E-state index contributed by atoms with van der Waals surface area (Å²) < 4.78 is 0. The van der Waals surface area contributed by atoms with Crippen LogP contribution in [0.4, 0.5) is 5.69 Å². The van der Waals surface area contributed by atoms with Crippen LogP contribution in [0.25, 0.3) is 0 Å². The zero-order valence-corrected chi connectivity index (χ0v) is 8.40. The number of pyridine rings is 1. The Hall–Kier alpha value is -0.580. The molecule has 0 aliphatic heterocycles. The predicted octanol–water partition coefficient (Wildman–Crippen LogP) is 3.04. The van der Waals surface area contributed by atoms with Gasteiger partial charge < -0.3 is 0 Å². The fourth-order valence-corrected chi connectivity index (χ4v) is 1.45. The minimum absolute atomic E-state index is 0.0594. The smallest absolute Gasteiger partial charge is 0.258 e. The molecule has 0 bridgehead atoms. The quantitative estimate of drug-likeness (QED) is 0.346. The fraction of sp³-hybridized carbons (Fsp3) is 0.167. The largest absolute Gasteiger partial charge is 0.306 e. The lowest BCUT2D eigenvalue weighted by Crippen LogP contribution is -1.94. The van der Waals surface area contributed by atoms with Gasteiger partial charge in [-0.05, 0) is 0 Å². The van der Waals surface area contributed by atoms with Crippen LogP contribution in [0, 0.1) is 10.1 Å². The maximum absolute atomic E-state index is 10.4. The Morgan fingerprint density at radius 2 is 2.08 bits per heavy atom. The number of alkyl halides is 1. The maximum atomic E-state index is 10.4. The highest BCUT2D eigenvalue weighted by molar-refractivity contribution is 6.34. The first-order chi connectivity index (χ1) is 6.06. The number of aromatic nitrogens is 1. The minimum Gasteiger partial charge on any atom is -0.258 e. The van der Waals surface area contributed by atoms with Gasteiger partial charge in [0.25, 0.3) is 0 Å². The lowest BCUT2D eigenvalue weighted by atomic mass is 10.3. The van der Waals surface area contributed by atoms with Gasteiger partial charge in [0.15, 0.2) is 0 Å². The topological polar surface area (TPSA) is 56.0 Å². The van der Waals surface area contributed by atoms with E-state index in [1.807, 2.05) is 0 Å². The highest BCUT2D eigenvalue weighted by Crippen LogP contribution is 2.27. The predicted molar refractivity (Wildman–Crippen MR) is 50.5 cm³/mol. The molecule has 7 heteroatoms. The van der Waals surface area contributed by atoms with Gasteiger partial charge in [0, 0.05) is 11.6 Å². The van der Waals surface area contributed by atoms with Crippen molar-refractivity contribution in [2.75, 3.05) is 0 Å². The summed E-state index contributed by atoms with van der Waals surface area (Å²) in [5, 5.41) is 10.3. The number of nitrogens with zero attached hydrogens (tertiary/aromatic N) is 2. The standard InChI is InChI=1S/C6H3Cl3N2O2/c7-2-3-1-4(11(12)13)6(9)10-5(3)8/h1H,2H2. The highest BCUT2D eigenvalue weighted by atomic mass is 35.5. The summed E-state index contributed by atoms with van der Waals surface area (Å²) in [6.45, 7) is 0. The monoisotopic (exact) mass is 240 g/mol. The molecule has 0 unspecified atom stereocenters. The number of rotatable bonds is 2. The molecule has 0 aliphatic carbocycles. The molecule has 1 rings (SSSR count). The lowest BCUT2D eigenvalue weighted by molar-refractivity contribution is -0.385. The Morgan fingerprint density at radius 1 is 1.46 bits per heavy atom. The molecular formula is C6H3Cl3N2O2. The van der Waals surface area contributed by atoms with Gasteiger partial charge in [-0.25, -0.2) is 4.98 Å². The van der Waals surface area contributed by atoms with Gasteiger partial charge in [0.05, 0.1) is 10.8 Å². The normalized spacial score (nSPS) is 10.1. The maximum Gasteiger partial charge on any atom is 0.306 e. The Bertz CT molecular complexity index is 356. The fourth-order valence-electron chi connectivity index (χ4n) is 0.721. The van der Waals surface area contributed by atoms with Crippen molar-refractivity contribution in [1.82, 2.24) is 4.98 Å². The van der Waals surface area contributed by atoms with E-state index in [2.05, 4.69) is 4.98 Å². The summed E-state index contributed by atoms with van der Waals surface area (Å²) in [7, 11) is 0. The Balaban J connectivity index is 3.30. The van der Waals surface area contributed by atoms with Crippen LogP contribution in [0.5, 0.6) is 0 Å². The summed E-state index contributed by atoms with van der Waals surface area (Å²) in [5.74, 6) is 0.0594. The molecular weight excluding hydrogens is 238 g/mol. The van der Waals surface area contributed by atoms with E-state index in [-0.39, 0.29) is 21.9 Å². The highest BCUT2D eigenvalue weighted by Gasteiger charge is 2.16. The van der Waals surface area contributed by atoms with E-state index in [0.29, 0.717) is 5.56 Å². The molecule has 0 saturated heterocycles. The molecule has 0 amide bonds. The second kappa shape index (κ2) is 4.09. The number of halogens is 3. The van der Waals surface area contributed by atoms with E-state index in [4.69, 9.17) is 34.8 Å². The van der Waals surface area contributed by atoms with Gasteiger partial charge in [-0.1, -0.05) is 23.2 Å². The molecule has 0 radical (unpaired) electrons. The van der Waals surface area contributed by atoms with Crippen molar-refractivity contribution in [1.29, 1.82) is 0 Å². The molecule has 13 heavy (non-hydrogen) atoms. The van der Waals surface area contributed by atoms with E-state index in [0.717, 1.165) is 0 Å². The summed E-state index contributed by atoms with van der Waals surface area (Å²) >= 11 is 16.5. The number of hydrogen-bond donors (Lipinski definition) is 0. The van der Waals surface area contributed by atoms with Gasteiger partial charge >= 0.3 is 5.69 Å². The van der Waals surface area contributed by atoms with Crippen molar-refractivity contribution >= 4 is 40.5 Å². The lowest BCUT2D eigenvalue weighted by Gasteiger charge is -1.99. The summed E-state index contributed by atoms with van der Waals surface area (Å²) in [5.41, 5.74) is 0.0983. The first kappa shape index (κ1) is 10.5. The van der Waals surface area contributed by atoms with Crippen LogP contribution in [0.3, 0.4) is 0 Å².